The van der Waals surface area contributed by atoms with E-state index in [4.69, 9.17) is 4.42 Å². The molecule has 1 aliphatic rings. The highest BCUT2D eigenvalue weighted by molar-refractivity contribution is 7.98. The Hall–Kier alpha value is -0.600. The van der Waals surface area contributed by atoms with Gasteiger partial charge in [-0.25, -0.2) is 8.42 Å². The Labute approximate surface area is 127 Å². The highest BCUT2D eigenvalue weighted by Gasteiger charge is 2.40. The lowest BCUT2D eigenvalue weighted by Crippen LogP contribution is -2.52. The highest BCUT2D eigenvalue weighted by atomic mass is 32.2. The Balaban J connectivity index is 1.94. The van der Waals surface area contributed by atoms with Crippen molar-refractivity contribution in [3.8, 4) is 0 Å². The summed E-state index contributed by atoms with van der Waals surface area (Å²) in [5.41, 5.74) is 0. The molecule has 1 aromatic heterocycles. The van der Waals surface area contributed by atoms with Gasteiger partial charge in [0.1, 0.15) is 11.5 Å². The van der Waals surface area contributed by atoms with E-state index in [1.165, 1.54) is 0 Å². The first-order valence-corrected chi connectivity index (χ1v) is 9.32. The topological polar surface area (TPSA) is 50.5 Å². The number of nitrogens with zero attached hydrogens (tertiary/aromatic N) is 1. The summed E-state index contributed by atoms with van der Waals surface area (Å²) in [7, 11) is -3.06. The summed E-state index contributed by atoms with van der Waals surface area (Å²) in [6.07, 6.45) is 0. The van der Waals surface area contributed by atoms with E-state index in [1.54, 1.807) is 26.0 Å². The average molecular weight is 339 g/mol. The second-order valence-electron chi connectivity index (χ2n) is 5.73. The highest BCUT2D eigenvalue weighted by Crippen LogP contribution is 2.26. The van der Waals surface area contributed by atoms with Crippen LogP contribution in [0.15, 0.2) is 16.5 Å². The van der Waals surface area contributed by atoms with Crippen molar-refractivity contribution in [3.63, 3.8) is 0 Å². The van der Waals surface area contributed by atoms with Gasteiger partial charge in [0.25, 0.3) is 5.76 Å². The summed E-state index contributed by atoms with van der Waals surface area (Å²) in [5.74, 6) is -0.951. The van der Waals surface area contributed by atoms with Crippen molar-refractivity contribution >= 4 is 21.6 Å². The van der Waals surface area contributed by atoms with E-state index in [-0.39, 0.29) is 11.5 Å². The predicted molar refractivity (Wildman–Crippen MR) is 79.1 cm³/mol. The zero-order valence-corrected chi connectivity index (χ0v) is 13.6. The van der Waals surface area contributed by atoms with Crippen molar-refractivity contribution in [2.45, 2.75) is 36.6 Å². The summed E-state index contributed by atoms with van der Waals surface area (Å²) in [5, 5.41) is 0. The molecular formula is C13H19F2NO3S2. The zero-order valence-electron chi connectivity index (χ0n) is 12.0. The van der Waals surface area contributed by atoms with Crippen molar-refractivity contribution in [1.82, 2.24) is 4.90 Å². The summed E-state index contributed by atoms with van der Waals surface area (Å²) < 4.78 is 52.8. The van der Waals surface area contributed by atoms with Crippen molar-refractivity contribution in [2.24, 2.45) is 0 Å². The molecule has 0 amide bonds. The normalized spacial score (nSPS) is 21.8. The van der Waals surface area contributed by atoms with Crippen LogP contribution in [0, 0.1) is 0 Å². The van der Waals surface area contributed by atoms with Gasteiger partial charge in [-0.15, -0.1) is 0 Å². The molecule has 0 spiro atoms. The molecule has 0 N–H and O–H groups in total. The molecule has 0 radical (unpaired) electrons. The van der Waals surface area contributed by atoms with Crippen LogP contribution in [-0.4, -0.2) is 42.7 Å². The number of sulfone groups is 1. The number of furan rings is 1. The standard InChI is InChI=1S/C13H19F2NO3S2/c1-13(2)9-16(5-6-21(13,17)18)7-10-3-4-11(19-10)8-20-12(14)15/h3-4,12H,5-9H2,1-2H3. The molecule has 21 heavy (non-hydrogen) atoms. The minimum atomic E-state index is -3.06. The molecule has 1 aromatic rings. The maximum atomic E-state index is 12.1. The molecular weight excluding hydrogens is 320 g/mol. The Morgan fingerprint density at radius 1 is 1.38 bits per heavy atom. The fourth-order valence-corrected chi connectivity index (χ4v) is 4.20. The van der Waals surface area contributed by atoms with Crippen LogP contribution in [0.4, 0.5) is 8.78 Å². The Kier molecular flexibility index (Phi) is 4.99. The molecule has 2 rings (SSSR count). The summed E-state index contributed by atoms with van der Waals surface area (Å²) >= 11 is 0.523. The van der Waals surface area contributed by atoms with Crippen LogP contribution in [0.5, 0.6) is 0 Å². The van der Waals surface area contributed by atoms with Gasteiger partial charge in [-0.05, 0) is 26.0 Å². The van der Waals surface area contributed by atoms with Gasteiger partial charge in [0.15, 0.2) is 9.84 Å². The van der Waals surface area contributed by atoms with Gasteiger partial charge in [0.2, 0.25) is 0 Å². The second kappa shape index (κ2) is 6.26. The SMILES string of the molecule is CC1(C)CN(Cc2ccc(CSC(F)F)o2)CCS1(=O)=O. The molecule has 0 aromatic carbocycles. The Bertz CT molecular complexity index is 584. The van der Waals surface area contributed by atoms with Gasteiger partial charge in [0.05, 0.1) is 22.8 Å². The maximum Gasteiger partial charge on any atom is 0.284 e. The van der Waals surface area contributed by atoms with Gasteiger partial charge in [-0.2, -0.15) is 8.78 Å². The minimum absolute atomic E-state index is 0.134. The third-order valence-electron chi connectivity index (χ3n) is 3.57. The Morgan fingerprint density at radius 3 is 2.67 bits per heavy atom. The van der Waals surface area contributed by atoms with Crippen LogP contribution in [0.3, 0.4) is 0 Å². The van der Waals surface area contributed by atoms with Crippen LogP contribution >= 0.6 is 11.8 Å². The molecule has 0 saturated carbocycles. The van der Waals surface area contributed by atoms with Crippen molar-refractivity contribution < 1.29 is 21.6 Å². The lowest BCUT2D eigenvalue weighted by molar-refractivity contribution is 0.222. The number of hydrogen-bond acceptors (Lipinski definition) is 5. The average Bonchev–Trinajstić information content (AvgIpc) is 2.79. The molecule has 0 bridgehead atoms. The van der Waals surface area contributed by atoms with Crippen LogP contribution in [0.1, 0.15) is 25.4 Å². The summed E-state index contributed by atoms with van der Waals surface area (Å²) in [6.45, 7) is 4.85. The van der Waals surface area contributed by atoms with Crippen LogP contribution in [0.25, 0.3) is 0 Å². The predicted octanol–water partition coefficient (Wildman–Crippen LogP) is 2.74. The van der Waals surface area contributed by atoms with Gasteiger partial charge in [-0.1, -0.05) is 11.8 Å². The smallest absolute Gasteiger partial charge is 0.284 e. The molecule has 2 heterocycles. The first-order chi connectivity index (χ1) is 9.69. The largest absolute Gasteiger partial charge is 0.464 e. The molecule has 120 valence electrons. The lowest BCUT2D eigenvalue weighted by atomic mass is 10.2. The molecule has 0 atom stereocenters. The number of thioether (sulfide) groups is 1. The van der Waals surface area contributed by atoms with Crippen LogP contribution in [-0.2, 0) is 22.1 Å². The first kappa shape index (κ1) is 16.8. The number of alkyl halides is 2. The van der Waals surface area contributed by atoms with Gasteiger partial charge in [0, 0.05) is 13.1 Å². The lowest BCUT2D eigenvalue weighted by Gasteiger charge is -2.37. The molecule has 0 aliphatic carbocycles. The molecule has 8 heteroatoms. The molecule has 4 nitrogen and oxygen atoms in total. The van der Waals surface area contributed by atoms with E-state index in [1.807, 2.05) is 4.90 Å². The fraction of sp³-hybridized carbons (Fsp3) is 0.692. The van der Waals surface area contributed by atoms with Crippen molar-refractivity contribution in [2.75, 3.05) is 18.8 Å². The second-order valence-corrected chi connectivity index (χ2v) is 9.45. The van der Waals surface area contributed by atoms with E-state index in [0.29, 0.717) is 42.9 Å². The van der Waals surface area contributed by atoms with E-state index in [9.17, 15) is 17.2 Å². The fourth-order valence-electron chi connectivity index (χ4n) is 2.33. The van der Waals surface area contributed by atoms with Gasteiger partial charge >= 0.3 is 0 Å². The first-order valence-electron chi connectivity index (χ1n) is 6.62. The van der Waals surface area contributed by atoms with E-state index >= 15 is 0 Å². The Morgan fingerprint density at radius 2 is 2.05 bits per heavy atom. The molecule has 1 saturated heterocycles. The third-order valence-corrected chi connectivity index (χ3v) is 6.81. The summed E-state index contributed by atoms with van der Waals surface area (Å²) in [4.78, 5) is 2.02. The summed E-state index contributed by atoms with van der Waals surface area (Å²) in [6, 6.07) is 3.45. The molecule has 0 unspecified atom stereocenters. The van der Waals surface area contributed by atoms with Crippen molar-refractivity contribution in [3.05, 3.63) is 23.7 Å². The van der Waals surface area contributed by atoms with Gasteiger partial charge in [-0.3, -0.25) is 4.90 Å². The van der Waals surface area contributed by atoms with E-state index in [2.05, 4.69) is 0 Å². The quantitative estimate of drug-likeness (QED) is 0.826. The van der Waals surface area contributed by atoms with E-state index < -0.39 is 20.3 Å². The number of halogens is 2. The third kappa shape index (κ3) is 4.20. The van der Waals surface area contributed by atoms with Crippen LogP contribution < -0.4 is 0 Å². The van der Waals surface area contributed by atoms with Crippen LogP contribution in [0.2, 0.25) is 0 Å². The number of hydrogen-bond donors (Lipinski definition) is 0. The van der Waals surface area contributed by atoms with Gasteiger partial charge < -0.3 is 4.42 Å². The van der Waals surface area contributed by atoms with E-state index in [0.717, 1.165) is 0 Å². The number of rotatable bonds is 5. The molecule has 1 fully saturated rings. The molecule has 1 aliphatic heterocycles. The maximum absolute atomic E-state index is 12.1. The van der Waals surface area contributed by atoms with Crippen molar-refractivity contribution in [1.29, 1.82) is 0 Å². The monoisotopic (exact) mass is 339 g/mol. The minimum Gasteiger partial charge on any atom is -0.464 e. The zero-order chi connectivity index (χ0) is 15.7.